The molecule has 23 heavy (non-hydrogen) atoms. The number of hydrogen-bond acceptors (Lipinski definition) is 1. The molecule has 0 aliphatic rings. The van der Waals surface area contributed by atoms with Crippen LogP contribution in [-0.4, -0.2) is 9.55 Å². The lowest BCUT2D eigenvalue weighted by atomic mass is 10.3. The van der Waals surface area contributed by atoms with Crippen molar-refractivity contribution in [2.24, 2.45) is 0 Å². The summed E-state index contributed by atoms with van der Waals surface area (Å²) < 4.78 is 5.15. The second-order valence-corrected chi connectivity index (χ2v) is 6.47. The van der Waals surface area contributed by atoms with Crippen LogP contribution in [0.3, 0.4) is 0 Å². The van der Waals surface area contributed by atoms with Crippen LogP contribution in [-0.2, 0) is 0 Å². The Morgan fingerprint density at radius 2 is 1.78 bits per heavy atom. The minimum Gasteiger partial charge on any atom is -0.293 e. The molecule has 4 heteroatoms. The van der Waals surface area contributed by atoms with Crippen molar-refractivity contribution in [1.82, 2.24) is 9.55 Å². The standard InChI is InChI=1S/C19H14BrIN2/c20-15(13-14-21)7-6-12-19-22-17-10-4-5-11-18(17)23(19)16-8-2-1-3-9-16/h1-14H/b12-6+,14-13-,15-7+. The maximum Gasteiger partial charge on any atom is 0.138 e. The molecule has 3 rings (SSSR count). The molecular weight excluding hydrogens is 463 g/mol. The normalized spacial score (nSPS) is 12.7. The molecule has 0 radical (unpaired) electrons. The van der Waals surface area contributed by atoms with E-state index in [1.54, 1.807) is 0 Å². The van der Waals surface area contributed by atoms with Crippen LogP contribution < -0.4 is 0 Å². The zero-order chi connectivity index (χ0) is 16.1. The molecular formula is C19H14BrIN2. The molecule has 2 nitrogen and oxygen atoms in total. The van der Waals surface area contributed by atoms with E-state index in [-0.39, 0.29) is 0 Å². The summed E-state index contributed by atoms with van der Waals surface area (Å²) in [5, 5.41) is 0. The van der Waals surface area contributed by atoms with E-state index in [0.29, 0.717) is 0 Å². The number of allylic oxidation sites excluding steroid dienone is 4. The Balaban J connectivity index is 2.10. The molecule has 1 heterocycles. The highest BCUT2D eigenvalue weighted by molar-refractivity contribution is 14.1. The Hall–Kier alpha value is -1.66. The summed E-state index contributed by atoms with van der Waals surface area (Å²) in [7, 11) is 0. The summed E-state index contributed by atoms with van der Waals surface area (Å²) in [6.45, 7) is 0. The Kier molecular flexibility index (Phi) is 5.46. The molecule has 0 saturated carbocycles. The molecule has 0 atom stereocenters. The second kappa shape index (κ2) is 7.75. The SMILES string of the molecule is BrC(/C=C\I)=C/C=C/c1nc2ccccc2n1-c1ccccc1. The first-order chi connectivity index (χ1) is 11.3. The van der Waals surface area contributed by atoms with Crippen LogP contribution in [0.1, 0.15) is 5.82 Å². The molecule has 0 spiro atoms. The van der Waals surface area contributed by atoms with Crippen LogP contribution in [0.4, 0.5) is 0 Å². The predicted octanol–water partition coefficient (Wildman–Crippen LogP) is 6.27. The summed E-state index contributed by atoms with van der Waals surface area (Å²) in [5.74, 6) is 0.910. The van der Waals surface area contributed by atoms with Crippen molar-refractivity contribution >= 4 is 55.6 Å². The molecule has 0 N–H and O–H groups in total. The maximum absolute atomic E-state index is 4.74. The minimum absolute atomic E-state index is 0.910. The summed E-state index contributed by atoms with van der Waals surface area (Å²) in [4.78, 5) is 4.74. The Labute approximate surface area is 157 Å². The van der Waals surface area contributed by atoms with Gasteiger partial charge in [-0.1, -0.05) is 74.9 Å². The number of hydrogen-bond donors (Lipinski definition) is 0. The van der Waals surface area contributed by atoms with Gasteiger partial charge in [0, 0.05) is 10.2 Å². The summed E-state index contributed by atoms with van der Waals surface area (Å²) in [5.41, 5.74) is 3.20. The Bertz CT molecular complexity index is 892. The van der Waals surface area contributed by atoms with Crippen LogP contribution in [0.15, 0.2) is 81.4 Å². The molecule has 0 bridgehead atoms. The lowest BCUT2D eigenvalue weighted by Crippen LogP contribution is -1.96. The van der Waals surface area contributed by atoms with E-state index in [2.05, 4.69) is 61.3 Å². The number of imidazole rings is 1. The average Bonchev–Trinajstić information content (AvgIpc) is 2.94. The topological polar surface area (TPSA) is 17.8 Å². The number of aromatic nitrogens is 2. The van der Waals surface area contributed by atoms with Gasteiger partial charge in [-0.15, -0.1) is 0 Å². The fourth-order valence-corrected chi connectivity index (χ4v) is 3.51. The van der Waals surface area contributed by atoms with Gasteiger partial charge in [0.15, 0.2) is 0 Å². The number of rotatable bonds is 4. The van der Waals surface area contributed by atoms with Gasteiger partial charge < -0.3 is 0 Å². The van der Waals surface area contributed by atoms with E-state index in [4.69, 9.17) is 4.98 Å². The largest absolute Gasteiger partial charge is 0.293 e. The molecule has 0 aliphatic carbocycles. The van der Waals surface area contributed by atoms with Gasteiger partial charge in [-0.2, -0.15) is 0 Å². The predicted molar refractivity (Wildman–Crippen MR) is 110 cm³/mol. The first-order valence-electron chi connectivity index (χ1n) is 7.13. The highest BCUT2D eigenvalue weighted by Crippen LogP contribution is 2.22. The zero-order valence-electron chi connectivity index (χ0n) is 12.2. The van der Waals surface area contributed by atoms with Crippen molar-refractivity contribution in [2.45, 2.75) is 0 Å². The summed E-state index contributed by atoms with van der Waals surface area (Å²) in [6, 6.07) is 18.5. The third kappa shape index (κ3) is 3.82. The van der Waals surface area contributed by atoms with Crippen molar-refractivity contribution in [3.63, 3.8) is 0 Å². The highest BCUT2D eigenvalue weighted by Gasteiger charge is 2.09. The monoisotopic (exact) mass is 476 g/mol. The van der Waals surface area contributed by atoms with Gasteiger partial charge in [-0.05, 0) is 46.6 Å². The number of nitrogens with zero attached hydrogens (tertiary/aromatic N) is 2. The summed E-state index contributed by atoms with van der Waals surface area (Å²) in [6.07, 6.45) is 8.02. The number of para-hydroxylation sites is 3. The Morgan fingerprint density at radius 1 is 1.04 bits per heavy atom. The number of benzene rings is 2. The van der Waals surface area contributed by atoms with Crippen molar-refractivity contribution < 1.29 is 0 Å². The fraction of sp³-hybridized carbons (Fsp3) is 0. The highest BCUT2D eigenvalue weighted by atomic mass is 127. The Morgan fingerprint density at radius 3 is 2.57 bits per heavy atom. The van der Waals surface area contributed by atoms with Crippen LogP contribution in [0.2, 0.25) is 0 Å². The van der Waals surface area contributed by atoms with Crippen molar-refractivity contribution in [3.8, 4) is 5.69 Å². The average molecular weight is 477 g/mol. The van der Waals surface area contributed by atoms with E-state index in [1.807, 2.05) is 64.8 Å². The van der Waals surface area contributed by atoms with Gasteiger partial charge in [0.1, 0.15) is 5.82 Å². The third-order valence-electron chi connectivity index (χ3n) is 3.32. The van der Waals surface area contributed by atoms with Crippen LogP contribution in [0, 0.1) is 0 Å². The van der Waals surface area contributed by atoms with Crippen LogP contribution in [0.5, 0.6) is 0 Å². The van der Waals surface area contributed by atoms with Gasteiger partial charge in [0.25, 0.3) is 0 Å². The molecule has 0 amide bonds. The molecule has 1 aromatic heterocycles. The number of halogens is 2. The summed E-state index contributed by atoms with van der Waals surface area (Å²) >= 11 is 5.70. The zero-order valence-corrected chi connectivity index (χ0v) is 16.0. The van der Waals surface area contributed by atoms with Gasteiger partial charge in [-0.25, -0.2) is 4.98 Å². The van der Waals surface area contributed by atoms with E-state index < -0.39 is 0 Å². The van der Waals surface area contributed by atoms with Crippen molar-refractivity contribution in [3.05, 3.63) is 87.2 Å². The molecule has 2 aromatic carbocycles. The smallest absolute Gasteiger partial charge is 0.138 e. The van der Waals surface area contributed by atoms with Gasteiger partial charge in [0.05, 0.1) is 11.0 Å². The lowest BCUT2D eigenvalue weighted by molar-refractivity contribution is 1.07. The van der Waals surface area contributed by atoms with E-state index in [1.165, 1.54) is 0 Å². The molecule has 114 valence electrons. The van der Waals surface area contributed by atoms with E-state index in [0.717, 1.165) is 27.0 Å². The van der Waals surface area contributed by atoms with Crippen molar-refractivity contribution in [2.75, 3.05) is 0 Å². The van der Waals surface area contributed by atoms with E-state index >= 15 is 0 Å². The number of fused-ring (bicyclic) bond motifs is 1. The first-order valence-corrected chi connectivity index (χ1v) is 9.17. The second-order valence-electron chi connectivity index (χ2n) is 4.83. The maximum atomic E-state index is 4.74. The third-order valence-corrected chi connectivity index (χ3v) is 4.21. The van der Waals surface area contributed by atoms with Gasteiger partial charge >= 0.3 is 0 Å². The van der Waals surface area contributed by atoms with Crippen LogP contribution >= 0.6 is 38.5 Å². The molecule has 3 aromatic rings. The molecule has 0 aliphatic heterocycles. The quantitative estimate of drug-likeness (QED) is 0.320. The lowest BCUT2D eigenvalue weighted by Gasteiger charge is -2.06. The van der Waals surface area contributed by atoms with Crippen LogP contribution in [0.25, 0.3) is 22.8 Å². The van der Waals surface area contributed by atoms with Gasteiger partial charge in [-0.3, -0.25) is 4.57 Å². The van der Waals surface area contributed by atoms with E-state index in [9.17, 15) is 0 Å². The minimum atomic E-state index is 0.910. The van der Waals surface area contributed by atoms with Crippen molar-refractivity contribution in [1.29, 1.82) is 0 Å². The fourth-order valence-electron chi connectivity index (χ4n) is 2.35. The molecule has 0 unspecified atom stereocenters. The van der Waals surface area contributed by atoms with Gasteiger partial charge in [0.2, 0.25) is 0 Å². The first kappa shape index (κ1) is 16.2. The molecule has 0 saturated heterocycles. The molecule has 0 fully saturated rings.